The van der Waals surface area contributed by atoms with Crippen LogP contribution in [0, 0.1) is 20.8 Å². The summed E-state index contributed by atoms with van der Waals surface area (Å²) in [6.45, 7) is 7.57. The summed E-state index contributed by atoms with van der Waals surface area (Å²) in [7, 11) is 1.75. The molecule has 0 amide bonds. The molecular formula is C15H23NO. The fraction of sp³-hybridized carbons (Fsp3) is 0.600. The Balaban J connectivity index is 2.10. The van der Waals surface area contributed by atoms with E-state index in [1.54, 1.807) is 7.11 Å². The molecule has 17 heavy (non-hydrogen) atoms. The van der Waals surface area contributed by atoms with Gasteiger partial charge in [-0.05, 0) is 68.8 Å². The van der Waals surface area contributed by atoms with Crippen molar-refractivity contribution in [2.75, 3.05) is 13.7 Å². The molecular weight excluding hydrogens is 210 g/mol. The van der Waals surface area contributed by atoms with Gasteiger partial charge in [0.2, 0.25) is 0 Å². The highest BCUT2D eigenvalue weighted by Gasteiger charge is 2.20. The fourth-order valence-electron chi connectivity index (χ4n) is 2.41. The Bertz CT molecular complexity index is 408. The number of benzene rings is 1. The lowest BCUT2D eigenvalue weighted by Crippen LogP contribution is -2.19. The van der Waals surface area contributed by atoms with Crippen LogP contribution in [0.1, 0.15) is 35.1 Å². The van der Waals surface area contributed by atoms with E-state index in [0.29, 0.717) is 0 Å². The molecule has 1 aliphatic rings. The first-order valence-electron chi connectivity index (χ1n) is 6.50. The summed E-state index contributed by atoms with van der Waals surface area (Å²) >= 11 is 0. The van der Waals surface area contributed by atoms with E-state index in [4.69, 9.17) is 4.74 Å². The largest absolute Gasteiger partial charge is 0.496 e. The summed E-state index contributed by atoms with van der Waals surface area (Å²) in [5.74, 6) is 1.04. The van der Waals surface area contributed by atoms with Gasteiger partial charge in [0.05, 0.1) is 7.11 Å². The predicted molar refractivity (Wildman–Crippen MR) is 71.9 cm³/mol. The Kier molecular flexibility index (Phi) is 3.72. The van der Waals surface area contributed by atoms with Crippen LogP contribution >= 0.6 is 0 Å². The molecule has 2 rings (SSSR count). The Morgan fingerprint density at radius 3 is 2.53 bits per heavy atom. The summed E-state index contributed by atoms with van der Waals surface area (Å²) in [5, 5.41) is 3.57. The molecule has 1 N–H and O–H groups in total. The summed E-state index contributed by atoms with van der Waals surface area (Å²) in [6, 6.07) is 3.08. The van der Waals surface area contributed by atoms with Crippen LogP contribution in [0.15, 0.2) is 6.07 Å². The predicted octanol–water partition coefficient (Wildman–Crippen LogP) is 2.91. The van der Waals surface area contributed by atoms with Gasteiger partial charge in [0.1, 0.15) is 5.75 Å². The van der Waals surface area contributed by atoms with Gasteiger partial charge in [0.15, 0.2) is 0 Å². The number of hydrogen-bond acceptors (Lipinski definition) is 2. The molecule has 1 aromatic rings. The van der Waals surface area contributed by atoms with Crippen LogP contribution in [0.25, 0.3) is 0 Å². The minimum atomic E-state index is 0.802. The summed E-state index contributed by atoms with van der Waals surface area (Å²) in [5.41, 5.74) is 5.37. The van der Waals surface area contributed by atoms with Crippen LogP contribution in [0.2, 0.25) is 0 Å². The van der Waals surface area contributed by atoms with Crippen molar-refractivity contribution in [1.82, 2.24) is 5.32 Å². The summed E-state index contributed by atoms with van der Waals surface area (Å²) in [4.78, 5) is 0. The number of rotatable bonds is 5. The van der Waals surface area contributed by atoms with Gasteiger partial charge in [-0.2, -0.15) is 0 Å². The Morgan fingerprint density at radius 2 is 1.94 bits per heavy atom. The highest BCUT2D eigenvalue weighted by Crippen LogP contribution is 2.28. The summed E-state index contributed by atoms with van der Waals surface area (Å²) < 4.78 is 5.45. The molecule has 1 fully saturated rings. The zero-order valence-corrected chi connectivity index (χ0v) is 11.4. The normalized spacial score (nSPS) is 15.1. The third kappa shape index (κ3) is 2.81. The molecule has 0 radical (unpaired) electrons. The van der Waals surface area contributed by atoms with Crippen LogP contribution in [0.5, 0.6) is 5.75 Å². The monoisotopic (exact) mass is 233 g/mol. The van der Waals surface area contributed by atoms with Crippen LogP contribution < -0.4 is 10.1 Å². The lowest BCUT2D eigenvalue weighted by molar-refractivity contribution is 0.408. The minimum Gasteiger partial charge on any atom is -0.496 e. The van der Waals surface area contributed by atoms with Crippen molar-refractivity contribution in [3.8, 4) is 5.75 Å². The van der Waals surface area contributed by atoms with Gasteiger partial charge in [-0.1, -0.05) is 6.07 Å². The molecule has 0 heterocycles. The average molecular weight is 233 g/mol. The standard InChI is InChI=1S/C15H23NO/c1-10-9-13(7-8-16-14-5-6-14)11(2)12(3)15(10)17-4/h9,14,16H,5-8H2,1-4H3. The van der Waals surface area contributed by atoms with Crippen molar-refractivity contribution in [3.05, 3.63) is 28.3 Å². The minimum absolute atomic E-state index is 0.802. The lowest BCUT2D eigenvalue weighted by Gasteiger charge is -2.15. The second-order valence-corrected chi connectivity index (χ2v) is 5.11. The van der Waals surface area contributed by atoms with Gasteiger partial charge >= 0.3 is 0 Å². The Labute approximate surface area is 104 Å². The van der Waals surface area contributed by atoms with Crippen LogP contribution in [0.3, 0.4) is 0 Å². The van der Waals surface area contributed by atoms with Gasteiger partial charge in [0, 0.05) is 6.04 Å². The number of nitrogens with one attached hydrogen (secondary N) is 1. The fourth-order valence-corrected chi connectivity index (χ4v) is 2.41. The highest BCUT2D eigenvalue weighted by atomic mass is 16.5. The molecule has 2 nitrogen and oxygen atoms in total. The van der Waals surface area contributed by atoms with Crippen molar-refractivity contribution < 1.29 is 4.74 Å². The van der Waals surface area contributed by atoms with Crippen molar-refractivity contribution >= 4 is 0 Å². The molecule has 1 saturated carbocycles. The molecule has 0 aromatic heterocycles. The average Bonchev–Trinajstić information content (AvgIpc) is 3.10. The molecule has 0 spiro atoms. The van der Waals surface area contributed by atoms with Crippen molar-refractivity contribution in [1.29, 1.82) is 0 Å². The molecule has 0 bridgehead atoms. The number of hydrogen-bond donors (Lipinski definition) is 1. The molecule has 1 aliphatic carbocycles. The third-order valence-corrected chi connectivity index (χ3v) is 3.74. The number of methoxy groups -OCH3 is 1. The van der Waals surface area contributed by atoms with E-state index in [1.807, 2.05) is 0 Å². The maximum absolute atomic E-state index is 5.45. The van der Waals surface area contributed by atoms with Crippen molar-refractivity contribution in [3.63, 3.8) is 0 Å². The van der Waals surface area contributed by atoms with E-state index in [-0.39, 0.29) is 0 Å². The van der Waals surface area contributed by atoms with Crippen molar-refractivity contribution in [2.45, 2.75) is 46.1 Å². The lowest BCUT2D eigenvalue weighted by atomic mass is 9.96. The van der Waals surface area contributed by atoms with Gasteiger partial charge < -0.3 is 10.1 Å². The zero-order valence-electron chi connectivity index (χ0n) is 11.4. The van der Waals surface area contributed by atoms with E-state index in [9.17, 15) is 0 Å². The number of aryl methyl sites for hydroxylation is 1. The SMILES string of the molecule is COc1c(C)cc(CCNC2CC2)c(C)c1C. The van der Waals surface area contributed by atoms with Crippen LogP contribution in [0.4, 0.5) is 0 Å². The smallest absolute Gasteiger partial charge is 0.124 e. The van der Waals surface area contributed by atoms with Gasteiger partial charge in [-0.3, -0.25) is 0 Å². The van der Waals surface area contributed by atoms with E-state index in [0.717, 1.165) is 24.8 Å². The number of ether oxygens (including phenoxy) is 1. The summed E-state index contributed by atoms with van der Waals surface area (Å²) in [6.07, 6.45) is 3.84. The highest BCUT2D eigenvalue weighted by molar-refractivity contribution is 5.49. The topological polar surface area (TPSA) is 21.3 Å². The first-order valence-corrected chi connectivity index (χ1v) is 6.50. The van der Waals surface area contributed by atoms with E-state index in [1.165, 1.54) is 35.1 Å². The van der Waals surface area contributed by atoms with E-state index < -0.39 is 0 Å². The van der Waals surface area contributed by atoms with Crippen molar-refractivity contribution in [2.24, 2.45) is 0 Å². The van der Waals surface area contributed by atoms with Crippen LogP contribution in [-0.2, 0) is 6.42 Å². The molecule has 0 saturated heterocycles. The molecule has 94 valence electrons. The second kappa shape index (κ2) is 5.09. The zero-order chi connectivity index (χ0) is 12.4. The van der Waals surface area contributed by atoms with Gasteiger partial charge in [-0.15, -0.1) is 0 Å². The maximum Gasteiger partial charge on any atom is 0.124 e. The first kappa shape index (κ1) is 12.4. The third-order valence-electron chi connectivity index (χ3n) is 3.74. The molecule has 2 heteroatoms. The quantitative estimate of drug-likeness (QED) is 0.844. The molecule has 0 unspecified atom stereocenters. The first-order chi connectivity index (χ1) is 8.13. The van der Waals surface area contributed by atoms with Crippen LogP contribution in [-0.4, -0.2) is 19.7 Å². The van der Waals surface area contributed by atoms with E-state index >= 15 is 0 Å². The molecule has 1 aromatic carbocycles. The Hall–Kier alpha value is -1.02. The Morgan fingerprint density at radius 1 is 1.24 bits per heavy atom. The second-order valence-electron chi connectivity index (χ2n) is 5.11. The molecule has 0 aliphatic heterocycles. The van der Waals surface area contributed by atoms with E-state index in [2.05, 4.69) is 32.2 Å². The molecule has 0 atom stereocenters. The van der Waals surface area contributed by atoms with Gasteiger partial charge in [0.25, 0.3) is 0 Å². The van der Waals surface area contributed by atoms with Gasteiger partial charge in [-0.25, -0.2) is 0 Å². The maximum atomic E-state index is 5.45.